The number of amides is 1. The molecule has 0 aromatic carbocycles. The molecule has 0 fully saturated rings. The van der Waals surface area contributed by atoms with E-state index in [1.165, 1.54) is 0 Å². The Morgan fingerprint density at radius 1 is 1.17 bits per heavy atom. The topological polar surface area (TPSA) is 49.6 Å². The molecule has 0 unspecified atom stereocenters. The van der Waals surface area contributed by atoms with Crippen molar-refractivity contribution in [3.63, 3.8) is 0 Å². The van der Waals surface area contributed by atoms with Crippen LogP contribution in [0, 0.1) is 0 Å². The third kappa shape index (κ3) is 22.3. The van der Waals surface area contributed by atoms with Crippen LogP contribution in [-0.2, 0) is 9.47 Å². The number of carbonyl (C=O) groups excluding carboxylic acids is 1. The van der Waals surface area contributed by atoms with Crippen molar-refractivity contribution in [1.82, 2.24) is 0 Å². The average molecular weight is 391 g/mol. The maximum atomic E-state index is 11.5. The summed E-state index contributed by atoms with van der Waals surface area (Å²) in [5, 5.41) is 3.23. The van der Waals surface area contributed by atoms with Crippen molar-refractivity contribution in [3.05, 3.63) is 5.32 Å². The average Bonchev–Trinajstić information content (AvgIpc) is 2.11. The first-order chi connectivity index (χ1) is 7.60. The maximum absolute atomic E-state index is 11.5. The zero-order chi connectivity index (χ0) is 14.1. The second-order valence-corrected chi connectivity index (χ2v) is 3.66. The smallest absolute Gasteiger partial charge is 0.615 e. The van der Waals surface area contributed by atoms with E-state index >= 15 is 0 Å². The molecular formula is C10H19CsF3NO3. The minimum atomic E-state index is -4.69. The molecule has 0 aromatic heterocycles. The summed E-state index contributed by atoms with van der Waals surface area (Å²) >= 11 is 0. The molecule has 0 saturated heterocycles. The van der Waals surface area contributed by atoms with E-state index in [2.05, 4.69) is 10.1 Å². The second-order valence-electron chi connectivity index (χ2n) is 3.66. The van der Waals surface area contributed by atoms with Gasteiger partial charge in [-0.15, -0.1) is 19.7 Å². The van der Waals surface area contributed by atoms with Crippen molar-refractivity contribution in [1.29, 1.82) is 0 Å². The molecule has 0 aliphatic carbocycles. The van der Waals surface area contributed by atoms with Gasteiger partial charge in [-0.3, -0.25) is 9.53 Å². The van der Waals surface area contributed by atoms with Gasteiger partial charge in [-0.1, -0.05) is 13.8 Å². The van der Waals surface area contributed by atoms with Crippen LogP contribution in [0.4, 0.5) is 18.0 Å². The largest absolute Gasteiger partial charge is 1.00 e. The predicted molar refractivity (Wildman–Crippen MR) is 57.8 cm³/mol. The van der Waals surface area contributed by atoms with Gasteiger partial charge >= 0.3 is 75.3 Å². The van der Waals surface area contributed by atoms with Gasteiger partial charge in [0.25, 0.3) is 0 Å². The minimum absolute atomic E-state index is 0. The summed E-state index contributed by atoms with van der Waals surface area (Å²) in [6.45, 7) is 7.82. The third-order valence-electron chi connectivity index (χ3n) is 0.991. The van der Waals surface area contributed by atoms with Gasteiger partial charge in [0, 0.05) is 6.61 Å². The van der Waals surface area contributed by atoms with Gasteiger partial charge in [-0.25, -0.2) is 0 Å². The number of halogens is 3. The third-order valence-corrected chi connectivity index (χ3v) is 0.991. The Hall–Kier alpha value is 1.07. The van der Waals surface area contributed by atoms with Crippen LogP contribution in [0.15, 0.2) is 0 Å². The summed E-state index contributed by atoms with van der Waals surface area (Å²) in [5.41, 5.74) is -0.703. The van der Waals surface area contributed by atoms with Crippen molar-refractivity contribution in [2.75, 3.05) is 13.2 Å². The first kappa shape index (κ1) is 24.1. The second kappa shape index (κ2) is 11.9. The maximum Gasteiger partial charge on any atom is 1.00 e. The van der Waals surface area contributed by atoms with Crippen LogP contribution < -0.4 is 68.9 Å². The Morgan fingerprint density at radius 2 is 1.61 bits per heavy atom. The zero-order valence-electron chi connectivity index (χ0n) is 11.7. The van der Waals surface area contributed by atoms with Crippen molar-refractivity contribution in [2.45, 2.75) is 46.6 Å². The van der Waals surface area contributed by atoms with Gasteiger partial charge in [0.15, 0.2) is 0 Å². The fourth-order valence-electron chi connectivity index (χ4n) is 0.593. The van der Waals surface area contributed by atoms with E-state index in [1.807, 2.05) is 13.8 Å². The Balaban J connectivity index is -0.000000709. The summed E-state index contributed by atoms with van der Waals surface area (Å²) in [6.07, 6.45) is -5.59. The van der Waals surface area contributed by atoms with Crippen LogP contribution in [0.5, 0.6) is 0 Å². The standard InChI is InChI=1S/C8H14F3NO3.C2H6.Cs/c1-7(2,3)15-6(13)12-4-5-14-8(9,10)11;1-2;/h4-5H2,1-3H3,(H,12,13);1-2H3;/q;;+1/p-1. The van der Waals surface area contributed by atoms with Gasteiger partial charge in [0.2, 0.25) is 6.09 Å². The zero-order valence-corrected chi connectivity index (χ0v) is 18.0. The molecule has 1 amide bonds. The molecule has 0 atom stereocenters. The predicted octanol–water partition coefficient (Wildman–Crippen LogP) is 0.862. The Morgan fingerprint density at radius 3 is 1.94 bits per heavy atom. The van der Waals surface area contributed by atoms with E-state index in [9.17, 15) is 18.0 Å². The van der Waals surface area contributed by atoms with Crippen molar-refractivity contribution < 1.29 is 96.3 Å². The number of nitrogens with zero attached hydrogens (tertiary/aromatic N) is 1. The van der Waals surface area contributed by atoms with E-state index in [-0.39, 0.29) is 75.4 Å². The normalized spacial score (nSPS) is 10.7. The molecule has 0 heterocycles. The van der Waals surface area contributed by atoms with Crippen LogP contribution in [0.1, 0.15) is 34.6 Å². The summed E-state index contributed by atoms with van der Waals surface area (Å²) in [5.74, 6) is 0. The number of hydrogen-bond donors (Lipinski definition) is 0. The number of hydrogen-bond acceptors (Lipinski definition) is 3. The number of ether oxygens (including phenoxy) is 2. The van der Waals surface area contributed by atoms with Gasteiger partial charge in [-0.05, 0) is 20.8 Å². The number of alkyl halides is 3. The first-order valence-corrected chi connectivity index (χ1v) is 5.21. The first-order valence-electron chi connectivity index (χ1n) is 5.21. The molecule has 0 aliphatic heterocycles. The summed E-state index contributed by atoms with van der Waals surface area (Å²) in [7, 11) is 0. The summed E-state index contributed by atoms with van der Waals surface area (Å²) < 4.78 is 42.5. The summed E-state index contributed by atoms with van der Waals surface area (Å²) in [6, 6.07) is 0. The Labute approximate surface area is 165 Å². The van der Waals surface area contributed by atoms with Gasteiger partial charge in [-0.2, -0.15) is 0 Å². The molecule has 0 radical (unpaired) electrons. The Kier molecular flexibility index (Phi) is 15.9. The van der Waals surface area contributed by atoms with E-state index in [0.29, 0.717) is 0 Å². The van der Waals surface area contributed by atoms with Crippen LogP contribution in [-0.4, -0.2) is 31.2 Å². The van der Waals surface area contributed by atoms with Crippen LogP contribution >= 0.6 is 0 Å². The molecule has 18 heavy (non-hydrogen) atoms. The van der Waals surface area contributed by atoms with E-state index in [1.54, 1.807) is 20.8 Å². The van der Waals surface area contributed by atoms with E-state index in [0.717, 1.165) is 0 Å². The van der Waals surface area contributed by atoms with Crippen molar-refractivity contribution in [2.24, 2.45) is 0 Å². The van der Waals surface area contributed by atoms with Crippen molar-refractivity contribution in [3.8, 4) is 0 Å². The molecule has 4 nitrogen and oxygen atoms in total. The van der Waals surface area contributed by atoms with Crippen LogP contribution in [0.2, 0.25) is 0 Å². The molecule has 0 bridgehead atoms. The quantitative estimate of drug-likeness (QED) is 0.671. The molecule has 104 valence electrons. The monoisotopic (exact) mass is 391 g/mol. The van der Waals surface area contributed by atoms with Crippen LogP contribution in [0.3, 0.4) is 0 Å². The number of carbonyl (C=O) groups is 1. The van der Waals surface area contributed by atoms with Crippen LogP contribution in [0.25, 0.3) is 5.32 Å². The van der Waals surface area contributed by atoms with Crippen molar-refractivity contribution >= 4 is 6.09 Å². The molecule has 0 rings (SSSR count). The fourth-order valence-corrected chi connectivity index (χ4v) is 0.593. The minimum Gasteiger partial charge on any atom is -0.615 e. The van der Waals surface area contributed by atoms with Gasteiger partial charge in [0.05, 0.1) is 0 Å². The van der Waals surface area contributed by atoms with Gasteiger partial charge < -0.3 is 10.1 Å². The molecule has 0 aliphatic rings. The van der Waals surface area contributed by atoms with E-state index in [4.69, 9.17) is 4.74 Å². The van der Waals surface area contributed by atoms with Gasteiger partial charge in [0.1, 0.15) is 5.60 Å². The Bertz CT molecular complexity index is 217. The molecule has 0 spiro atoms. The fraction of sp³-hybridized carbons (Fsp3) is 0.900. The molecule has 0 N–H and O–H groups in total. The molecule has 8 heteroatoms. The SMILES string of the molecule is CC.CC(C)(C)OC(=O)[N-]CCOC(F)(F)F.[Cs+]. The summed E-state index contributed by atoms with van der Waals surface area (Å²) in [4.78, 5) is 10.9. The molecular weight excluding hydrogens is 372 g/mol. The molecule has 0 aromatic rings. The molecule has 0 saturated carbocycles. The van der Waals surface area contributed by atoms with E-state index < -0.39 is 24.7 Å². The number of rotatable bonds is 3.